The molecule has 3 aromatic rings. The zero-order valence-electron chi connectivity index (χ0n) is 15.2. The summed E-state index contributed by atoms with van der Waals surface area (Å²) in [6.07, 6.45) is -1.72. The number of aliphatic hydroxyl groups excluding tert-OH is 3. The molecule has 1 saturated heterocycles. The average Bonchev–Trinajstić information content (AvgIpc) is 3.26. The van der Waals surface area contributed by atoms with Crippen molar-refractivity contribution >= 4 is 17.0 Å². The Morgan fingerprint density at radius 1 is 1.25 bits per heavy atom. The summed E-state index contributed by atoms with van der Waals surface area (Å²) < 4.78 is 8.35. The molecule has 0 aliphatic carbocycles. The number of fused-ring (bicyclic) bond motifs is 1. The highest BCUT2D eigenvalue weighted by molar-refractivity contribution is 5.79. The van der Waals surface area contributed by atoms with Gasteiger partial charge in [0.25, 0.3) is 12.1 Å². The van der Waals surface area contributed by atoms with Crippen molar-refractivity contribution in [2.24, 2.45) is 0 Å². The normalized spacial score (nSPS) is 25.9. The lowest BCUT2D eigenvalue weighted by atomic mass is 10.1. The first kappa shape index (κ1) is 18.6. The van der Waals surface area contributed by atoms with E-state index in [-0.39, 0.29) is 11.9 Å². The van der Waals surface area contributed by atoms with Gasteiger partial charge in [-0.05, 0) is 12.5 Å². The molecule has 3 heterocycles. The molecule has 28 heavy (non-hydrogen) atoms. The third kappa shape index (κ3) is 3.06. The molecule has 0 saturated carbocycles. The van der Waals surface area contributed by atoms with Crippen LogP contribution >= 0.6 is 0 Å². The molecular weight excluding hydrogens is 366 g/mol. The molecule has 0 bridgehead atoms. The average molecular weight is 388 g/mol. The molecule has 1 aromatic carbocycles. The fraction of sp³-hybridized carbons (Fsp3) is 0.389. The second kappa shape index (κ2) is 7.32. The lowest BCUT2D eigenvalue weighted by molar-refractivity contribution is -0.890. The molecule has 0 radical (unpaired) electrons. The van der Waals surface area contributed by atoms with Crippen molar-refractivity contribution < 1.29 is 29.6 Å². The van der Waals surface area contributed by atoms with Gasteiger partial charge in [0.15, 0.2) is 12.3 Å². The standard InChI is InChI=1S/C18H21N5O5/c1-10(11-5-3-2-4-6-11)28-23-9-21-17-13(16(23)19)20-8-22(17)18-15(26)14(25)12(7-24)27-18/h2-6,8-10,12,14-15,18-19,24-26H,7H2,1H3/p+1/t10?,12-,14-,15-,18-/m1/s1. The number of nitrogen functional groups attached to an aromatic ring is 1. The van der Waals surface area contributed by atoms with Crippen LogP contribution in [0.4, 0.5) is 5.82 Å². The summed E-state index contributed by atoms with van der Waals surface area (Å²) in [5, 5.41) is 29.5. The van der Waals surface area contributed by atoms with Gasteiger partial charge >= 0.3 is 0 Å². The number of benzene rings is 1. The molecule has 2 aromatic heterocycles. The van der Waals surface area contributed by atoms with Gasteiger partial charge in [0.2, 0.25) is 11.2 Å². The topological polar surface area (TPSA) is 140 Å². The molecule has 1 fully saturated rings. The Morgan fingerprint density at radius 2 is 2.00 bits per heavy atom. The van der Waals surface area contributed by atoms with Crippen LogP contribution < -0.4 is 15.3 Å². The minimum atomic E-state index is -1.24. The first-order chi connectivity index (χ1) is 13.5. The highest BCUT2D eigenvalue weighted by Crippen LogP contribution is 2.31. The van der Waals surface area contributed by atoms with Crippen LogP contribution in [-0.4, -0.2) is 54.8 Å². The van der Waals surface area contributed by atoms with Gasteiger partial charge in [-0.25, -0.2) is 4.98 Å². The van der Waals surface area contributed by atoms with Crippen molar-refractivity contribution in [2.75, 3.05) is 12.3 Å². The van der Waals surface area contributed by atoms with E-state index in [0.717, 1.165) is 5.56 Å². The van der Waals surface area contributed by atoms with Gasteiger partial charge < -0.3 is 30.6 Å². The minimum Gasteiger partial charge on any atom is -0.394 e. The van der Waals surface area contributed by atoms with Gasteiger partial charge in [0.1, 0.15) is 24.6 Å². The first-order valence-corrected chi connectivity index (χ1v) is 8.88. The lowest BCUT2D eigenvalue weighted by Crippen LogP contribution is -2.46. The predicted molar refractivity (Wildman–Crippen MR) is 96.6 cm³/mol. The van der Waals surface area contributed by atoms with Gasteiger partial charge in [-0.2, -0.15) is 0 Å². The Hall–Kier alpha value is -2.79. The van der Waals surface area contributed by atoms with Crippen LogP contribution in [0.2, 0.25) is 0 Å². The molecular formula is C18H22N5O5+. The van der Waals surface area contributed by atoms with Crippen molar-refractivity contribution in [3.05, 3.63) is 48.5 Å². The summed E-state index contributed by atoms with van der Waals surface area (Å²) in [5.74, 6) is 0.235. The summed E-state index contributed by atoms with van der Waals surface area (Å²) in [4.78, 5) is 14.5. The zero-order chi connectivity index (χ0) is 19.8. The Labute approximate surface area is 160 Å². The maximum Gasteiger partial charge on any atom is 0.289 e. The summed E-state index contributed by atoms with van der Waals surface area (Å²) >= 11 is 0. The quantitative estimate of drug-likeness (QED) is 0.413. The van der Waals surface area contributed by atoms with E-state index in [9.17, 15) is 15.3 Å². The van der Waals surface area contributed by atoms with Crippen molar-refractivity contribution in [1.82, 2.24) is 14.5 Å². The number of aromatic nitrogens is 4. The van der Waals surface area contributed by atoms with Gasteiger partial charge in [-0.1, -0.05) is 40.0 Å². The molecule has 0 spiro atoms. The summed E-state index contributed by atoms with van der Waals surface area (Å²) in [7, 11) is 0. The number of rotatable bonds is 5. The van der Waals surface area contributed by atoms with Crippen LogP contribution in [0, 0.1) is 0 Å². The molecule has 4 rings (SSSR count). The first-order valence-electron chi connectivity index (χ1n) is 8.88. The molecule has 1 unspecified atom stereocenters. The highest BCUT2D eigenvalue weighted by atomic mass is 16.7. The fourth-order valence-corrected chi connectivity index (χ4v) is 3.27. The number of anilines is 1. The van der Waals surface area contributed by atoms with Crippen molar-refractivity contribution in [2.45, 2.75) is 37.6 Å². The number of nitrogens with two attached hydrogens (primary N) is 1. The van der Waals surface area contributed by atoms with E-state index in [1.54, 1.807) is 0 Å². The Kier molecular flexibility index (Phi) is 4.85. The summed E-state index contributed by atoms with van der Waals surface area (Å²) in [6, 6.07) is 9.67. The van der Waals surface area contributed by atoms with E-state index in [2.05, 4.69) is 9.97 Å². The minimum absolute atomic E-state index is 0.235. The van der Waals surface area contributed by atoms with E-state index in [0.29, 0.717) is 11.2 Å². The smallest absolute Gasteiger partial charge is 0.289 e. The van der Waals surface area contributed by atoms with E-state index >= 15 is 0 Å². The van der Waals surface area contributed by atoms with Gasteiger partial charge in [0.05, 0.1) is 6.61 Å². The number of imidazole rings is 1. The van der Waals surface area contributed by atoms with E-state index in [4.69, 9.17) is 15.3 Å². The molecule has 148 valence electrons. The van der Waals surface area contributed by atoms with Gasteiger partial charge in [-0.15, -0.1) is 0 Å². The van der Waals surface area contributed by atoms with Crippen LogP contribution in [0.15, 0.2) is 43.0 Å². The molecule has 1 aliphatic rings. The molecule has 1 aliphatic heterocycles. The number of hydrogen-bond donors (Lipinski definition) is 4. The predicted octanol–water partition coefficient (Wildman–Crippen LogP) is -0.898. The van der Waals surface area contributed by atoms with Crippen molar-refractivity contribution in [3.8, 4) is 0 Å². The maximum absolute atomic E-state index is 10.2. The van der Waals surface area contributed by atoms with Crippen LogP contribution in [0.3, 0.4) is 0 Å². The number of ether oxygens (including phenoxy) is 1. The third-order valence-corrected chi connectivity index (χ3v) is 4.86. The molecule has 0 amide bonds. The molecule has 5 atom stereocenters. The lowest BCUT2D eigenvalue weighted by Gasteiger charge is -2.16. The monoisotopic (exact) mass is 388 g/mol. The van der Waals surface area contributed by atoms with E-state index < -0.39 is 31.1 Å². The van der Waals surface area contributed by atoms with E-state index in [1.165, 1.54) is 22.0 Å². The molecule has 5 N–H and O–H groups in total. The van der Waals surface area contributed by atoms with Crippen LogP contribution in [0.5, 0.6) is 0 Å². The second-order valence-electron chi connectivity index (χ2n) is 6.67. The molecule has 10 nitrogen and oxygen atoms in total. The largest absolute Gasteiger partial charge is 0.394 e. The maximum atomic E-state index is 10.2. The van der Waals surface area contributed by atoms with Crippen molar-refractivity contribution in [3.63, 3.8) is 0 Å². The summed E-state index contributed by atoms with van der Waals surface area (Å²) in [6.45, 7) is 1.48. The summed E-state index contributed by atoms with van der Waals surface area (Å²) in [5.41, 5.74) is 7.90. The highest BCUT2D eigenvalue weighted by Gasteiger charge is 2.44. The third-order valence-electron chi connectivity index (χ3n) is 4.86. The van der Waals surface area contributed by atoms with Crippen LogP contribution in [-0.2, 0) is 4.74 Å². The Bertz CT molecular complexity index is 966. The van der Waals surface area contributed by atoms with Crippen LogP contribution in [0.25, 0.3) is 11.2 Å². The zero-order valence-corrected chi connectivity index (χ0v) is 15.2. The van der Waals surface area contributed by atoms with Crippen LogP contribution in [0.1, 0.15) is 24.8 Å². The Balaban J connectivity index is 1.63. The fourth-order valence-electron chi connectivity index (χ4n) is 3.27. The van der Waals surface area contributed by atoms with Gasteiger partial charge in [0, 0.05) is 0 Å². The SMILES string of the molecule is CC(O[n+]1cnc2c(ncn2[C@@H]2O[C@H](CO)[C@@H](O)[C@H]2O)c1N)c1ccccc1. The van der Waals surface area contributed by atoms with Crippen molar-refractivity contribution in [1.29, 1.82) is 0 Å². The Morgan fingerprint density at radius 3 is 2.68 bits per heavy atom. The number of nitrogens with zero attached hydrogens (tertiary/aromatic N) is 4. The van der Waals surface area contributed by atoms with E-state index in [1.807, 2.05) is 37.3 Å². The number of hydrogen-bond acceptors (Lipinski definition) is 8. The second-order valence-corrected chi connectivity index (χ2v) is 6.67. The number of aliphatic hydroxyl groups is 3. The van der Waals surface area contributed by atoms with Gasteiger partial charge in [-0.3, -0.25) is 4.57 Å². The molecule has 10 heteroatoms.